The van der Waals surface area contributed by atoms with Crippen molar-refractivity contribution in [3.8, 4) is 0 Å². The van der Waals surface area contributed by atoms with Gasteiger partial charge in [-0.25, -0.2) is 0 Å². The van der Waals surface area contributed by atoms with E-state index >= 15 is 0 Å². The summed E-state index contributed by atoms with van der Waals surface area (Å²) < 4.78 is 4.36. The van der Waals surface area contributed by atoms with Gasteiger partial charge in [0.15, 0.2) is 0 Å². The van der Waals surface area contributed by atoms with Gasteiger partial charge < -0.3 is 11.1 Å². The quantitative estimate of drug-likeness (QED) is 0.833. The van der Waals surface area contributed by atoms with Gasteiger partial charge in [0.05, 0.1) is 5.52 Å². The van der Waals surface area contributed by atoms with Crippen LogP contribution in [0.3, 0.4) is 0 Å². The van der Waals surface area contributed by atoms with Crippen LogP contribution in [0.1, 0.15) is 13.3 Å². The van der Waals surface area contributed by atoms with Crippen LogP contribution in [0.15, 0.2) is 24.3 Å². The van der Waals surface area contributed by atoms with Crippen molar-refractivity contribution in [3.05, 3.63) is 24.3 Å². The number of nitrogens with one attached hydrogen (secondary N) is 1. The lowest BCUT2D eigenvalue weighted by Crippen LogP contribution is -2.18. The van der Waals surface area contributed by atoms with Crippen LogP contribution in [0.4, 0.5) is 5.00 Å². The molecule has 80 valence electrons. The van der Waals surface area contributed by atoms with Gasteiger partial charge in [-0.15, -0.1) is 0 Å². The number of nitrogens with two attached hydrogens (primary N) is 1. The zero-order chi connectivity index (χ0) is 10.7. The summed E-state index contributed by atoms with van der Waals surface area (Å²) in [5.41, 5.74) is 6.75. The fourth-order valence-electron chi connectivity index (χ4n) is 1.43. The number of nitrogens with zero attached hydrogens (tertiary/aromatic N) is 1. The van der Waals surface area contributed by atoms with E-state index in [0.717, 1.165) is 23.5 Å². The lowest BCUT2D eigenvalue weighted by Gasteiger charge is -2.06. The molecule has 15 heavy (non-hydrogen) atoms. The molecule has 2 aromatic rings. The van der Waals surface area contributed by atoms with Crippen molar-refractivity contribution >= 4 is 27.4 Å². The molecule has 1 unspecified atom stereocenters. The minimum atomic E-state index is 0.247. The van der Waals surface area contributed by atoms with Crippen molar-refractivity contribution in [3.63, 3.8) is 0 Å². The Morgan fingerprint density at radius 2 is 2.27 bits per heavy atom. The minimum absolute atomic E-state index is 0.247. The molecule has 1 aromatic carbocycles. The summed E-state index contributed by atoms with van der Waals surface area (Å²) in [4.78, 5) is 0. The summed E-state index contributed by atoms with van der Waals surface area (Å²) in [6.07, 6.45) is 0.978. The third-order valence-electron chi connectivity index (χ3n) is 2.27. The molecule has 1 heterocycles. The van der Waals surface area contributed by atoms with Crippen molar-refractivity contribution in [2.45, 2.75) is 19.4 Å². The topological polar surface area (TPSA) is 50.9 Å². The van der Waals surface area contributed by atoms with Gasteiger partial charge >= 0.3 is 0 Å². The lowest BCUT2D eigenvalue weighted by atomic mass is 10.2. The van der Waals surface area contributed by atoms with E-state index in [1.807, 2.05) is 25.1 Å². The number of hydrogen-bond donors (Lipinski definition) is 2. The number of aromatic nitrogens is 1. The molecule has 0 radical (unpaired) electrons. The van der Waals surface area contributed by atoms with Gasteiger partial charge in [0.2, 0.25) is 0 Å². The van der Waals surface area contributed by atoms with E-state index in [1.54, 1.807) is 0 Å². The highest BCUT2D eigenvalue weighted by molar-refractivity contribution is 7.11. The first-order chi connectivity index (χ1) is 7.27. The van der Waals surface area contributed by atoms with E-state index in [-0.39, 0.29) is 6.04 Å². The van der Waals surface area contributed by atoms with Gasteiger partial charge in [0, 0.05) is 18.0 Å². The van der Waals surface area contributed by atoms with Crippen molar-refractivity contribution in [1.82, 2.24) is 4.37 Å². The highest BCUT2D eigenvalue weighted by Crippen LogP contribution is 2.26. The molecule has 1 aromatic heterocycles. The van der Waals surface area contributed by atoms with Crippen molar-refractivity contribution in [2.24, 2.45) is 5.73 Å². The molecule has 3 nitrogen and oxygen atoms in total. The standard InChI is InChI=1S/C11H15N3S/c1-8(12)6-7-13-11-9-4-2-3-5-10(9)14-15-11/h2-5,8,13H,6-7,12H2,1H3. The zero-order valence-electron chi connectivity index (χ0n) is 8.73. The predicted molar refractivity (Wildman–Crippen MR) is 66.4 cm³/mol. The van der Waals surface area contributed by atoms with E-state index in [1.165, 1.54) is 16.9 Å². The van der Waals surface area contributed by atoms with Crippen LogP contribution in [-0.4, -0.2) is 17.0 Å². The van der Waals surface area contributed by atoms with E-state index in [4.69, 9.17) is 5.73 Å². The van der Waals surface area contributed by atoms with Gasteiger partial charge in [-0.3, -0.25) is 0 Å². The normalized spacial score (nSPS) is 12.9. The molecule has 0 aliphatic heterocycles. The van der Waals surface area contributed by atoms with Crippen LogP contribution in [0.2, 0.25) is 0 Å². The van der Waals surface area contributed by atoms with Crippen LogP contribution >= 0.6 is 11.5 Å². The maximum Gasteiger partial charge on any atom is 0.117 e. The number of hydrogen-bond acceptors (Lipinski definition) is 4. The highest BCUT2D eigenvalue weighted by Gasteiger charge is 2.04. The van der Waals surface area contributed by atoms with Crippen LogP contribution in [-0.2, 0) is 0 Å². The summed E-state index contributed by atoms with van der Waals surface area (Å²) in [5.74, 6) is 0. The summed E-state index contributed by atoms with van der Waals surface area (Å²) in [6.45, 7) is 2.93. The third kappa shape index (κ3) is 2.46. The average Bonchev–Trinajstić information content (AvgIpc) is 2.62. The minimum Gasteiger partial charge on any atom is -0.375 e. The van der Waals surface area contributed by atoms with Gasteiger partial charge in [-0.1, -0.05) is 12.1 Å². The molecule has 0 aliphatic carbocycles. The summed E-state index contributed by atoms with van der Waals surface area (Å²) in [5, 5.41) is 5.72. The maximum atomic E-state index is 5.69. The van der Waals surface area contributed by atoms with Crippen molar-refractivity contribution < 1.29 is 0 Å². The summed E-state index contributed by atoms with van der Waals surface area (Å²) >= 11 is 1.51. The number of fused-ring (bicyclic) bond motifs is 1. The largest absolute Gasteiger partial charge is 0.375 e. The Labute approximate surface area is 93.5 Å². The Morgan fingerprint density at radius 1 is 1.47 bits per heavy atom. The monoisotopic (exact) mass is 221 g/mol. The van der Waals surface area contributed by atoms with E-state index in [0.29, 0.717) is 0 Å². The average molecular weight is 221 g/mol. The number of rotatable bonds is 4. The molecule has 2 rings (SSSR count). The van der Waals surface area contributed by atoms with Crippen molar-refractivity contribution in [2.75, 3.05) is 11.9 Å². The van der Waals surface area contributed by atoms with Crippen molar-refractivity contribution in [1.29, 1.82) is 0 Å². The lowest BCUT2D eigenvalue weighted by molar-refractivity contribution is 0.691. The molecule has 0 aliphatic rings. The Kier molecular flexibility index (Phi) is 3.18. The molecule has 4 heteroatoms. The van der Waals surface area contributed by atoms with E-state index in [2.05, 4.69) is 15.8 Å². The molecule has 0 spiro atoms. The fourth-order valence-corrected chi connectivity index (χ4v) is 2.22. The molecular weight excluding hydrogens is 206 g/mol. The Hall–Kier alpha value is -1.13. The third-order valence-corrected chi connectivity index (χ3v) is 3.10. The van der Waals surface area contributed by atoms with Crippen LogP contribution < -0.4 is 11.1 Å². The smallest absolute Gasteiger partial charge is 0.117 e. The SMILES string of the molecule is CC(N)CCNc1snc2ccccc12. The highest BCUT2D eigenvalue weighted by atomic mass is 32.1. The van der Waals surface area contributed by atoms with Gasteiger partial charge in [-0.05, 0) is 37.0 Å². The first-order valence-corrected chi connectivity index (χ1v) is 5.88. The zero-order valence-corrected chi connectivity index (χ0v) is 9.55. The number of benzene rings is 1. The summed E-state index contributed by atoms with van der Waals surface area (Å²) in [6, 6.07) is 8.41. The Balaban J connectivity index is 2.08. The predicted octanol–water partition coefficient (Wildman–Crippen LogP) is 2.45. The molecule has 0 bridgehead atoms. The second-order valence-electron chi connectivity index (χ2n) is 3.72. The van der Waals surface area contributed by atoms with Crippen LogP contribution in [0.5, 0.6) is 0 Å². The van der Waals surface area contributed by atoms with Gasteiger partial charge in [-0.2, -0.15) is 4.37 Å². The number of anilines is 1. The first-order valence-electron chi connectivity index (χ1n) is 5.11. The van der Waals surface area contributed by atoms with E-state index in [9.17, 15) is 0 Å². The summed E-state index contributed by atoms with van der Waals surface area (Å²) in [7, 11) is 0. The molecule has 3 N–H and O–H groups in total. The van der Waals surface area contributed by atoms with E-state index < -0.39 is 0 Å². The second-order valence-corrected chi connectivity index (χ2v) is 4.49. The maximum absolute atomic E-state index is 5.69. The molecule has 1 atom stereocenters. The second kappa shape index (κ2) is 4.59. The molecule has 0 saturated carbocycles. The molecule has 0 fully saturated rings. The first kappa shape index (κ1) is 10.4. The molecule has 0 saturated heterocycles. The Bertz CT molecular complexity index is 436. The fraction of sp³-hybridized carbons (Fsp3) is 0.364. The van der Waals surface area contributed by atoms with Gasteiger partial charge in [0.25, 0.3) is 0 Å². The van der Waals surface area contributed by atoms with Crippen LogP contribution in [0, 0.1) is 0 Å². The Morgan fingerprint density at radius 3 is 3.07 bits per heavy atom. The van der Waals surface area contributed by atoms with Crippen LogP contribution in [0.25, 0.3) is 10.9 Å². The van der Waals surface area contributed by atoms with Gasteiger partial charge in [0.1, 0.15) is 5.00 Å². The molecular formula is C11H15N3S. The molecule has 0 amide bonds.